The molecule has 102 heavy (non-hydrogen) atoms. The second kappa shape index (κ2) is 35.7. The summed E-state index contributed by atoms with van der Waals surface area (Å²) in [5.41, 5.74) is 22.4. The number of hydrogen-bond donors (Lipinski definition) is 18. The minimum Gasteiger partial charge on any atom is -0.508 e. The molecule has 0 unspecified atom stereocenters. The summed E-state index contributed by atoms with van der Waals surface area (Å²) >= 11 is 0. The van der Waals surface area contributed by atoms with Crippen LogP contribution in [0.4, 0.5) is 0 Å². The summed E-state index contributed by atoms with van der Waals surface area (Å²) in [5, 5.41) is 82.6. The molecule has 0 radical (unpaired) electrons. The number of nitrogens with zero attached hydrogens (tertiary/aromatic N) is 2. The summed E-state index contributed by atoms with van der Waals surface area (Å²) in [5.74, 6) is -18.3. The first-order chi connectivity index (χ1) is 47.3. The molecule has 2 aliphatic heterocycles. The Kier molecular flexibility index (Phi) is 29.3. The zero-order valence-corrected chi connectivity index (χ0v) is 59.6. The highest BCUT2D eigenvalue weighted by Crippen LogP contribution is 2.57. The first-order valence-electron chi connectivity index (χ1n) is 32.5. The number of Topliss-reactive ketones (excluding diaryl/α,β-unsaturated/α-hetero) is 2. The summed E-state index contributed by atoms with van der Waals surface area (Å²) in [6, 6.07) is -2.03. The number of phenolic OH excluding ortho intramolecular Hbond substituents is 2. The molecule has 560 valence electrons. The van der Waals surface area contributed by atoms with E-state index in [1.54, 1.807) is 13.8 Å². The molecule has 34 nitrogen and oxygen atoms in total. The van der Waals surface area contributed by atoms with Gasteiger partial charge in [0.05, 0.1) is 36.2 Å². The normalized spacial score (nSPS) is 27.2. The number of carbonyl (C=O) groups excluding carboxylic acids is 14. The molecule has 2 heterocycles. The van der Waals surface area contributed by atoms with Gasteiger partial charge in [-0.3, -0.25) is 72.0 Å². The van der Waals surface area contributed by atoms with Crippen molar-refractivity contribution in [3.8, 4) is 11.5 Å². The number of benzene rings is 2. The second-order valence-corrected chi connectivity index (χ2v) is 28.9. The summed E-state index contributed by atoms with van der Waals surface area (Å²) in [6.07, 6.45) is -0.894. The molecule has 5 aliphatic rings. The molecule has 12 amide bonds. The number of likely N-dealkylation sites (tertiary alicyclic amines) is 1. The number of halogens is 1. The molecule has 2 saturated heterocycles. The predicted octanol–water partition coefficient (Wildman–Crippen LogP) is -3.56. The monoisotopic (exact) mass is 1490 g/mol. The van der Waals surface area contributed by atoms with Gasteiger partial charge in [-0.25, -0.2) is 0 Å². The minimum atomic E-state index is -2.75. The van der Waals surface area contributed by atoms with E-state index in [4.69, 9.17) is 28.7 Å². The standard InChI is InChI=1S/C43H66N12O12S2.C22H24N2O8.ClH/c1-5-22(4)35-42(66)49-26(12-13-32(45)57)38(62)51-29(17-33(46)58)39(63)53-30(20-69-68-19-25(44)36(60)50-28(40(64)54-35)16-23-8-10-24(56)11-9-23)43(67)55-14-6-7-31(55)41(65)52-27(15-21(2)3)37(61)48-18-34(47)59;1-21(31)8-5-4-6-11(25)12(8)16(26)13-9(21)7-10-15(24(2)3)17(27)14(20(23)30)19(29)22(10,32)18(13)28;/h8-11,21-22,25-31,35,56H,5-7,12-20,44H2,1-4H3,(H2,45,57)(H2,46,58)(H2,47,59)(H,48,61)(H,49,66)(H,50,60)(H,51,62)(H,52,65)(H,53,63)(H,54,64);4-6,9-10,15,25-26,29,31-32H,7H2,1-3H3,(H2,23,30);1H/t22-,25-,26-,27-,28-,29-,30-,31-,35-;9-,10-,15-,21+,22-;/m00./s1. The number of phenols is 2. The number of nitrogens with two attached hydrogens (primary N) is 5. The van der Waals surface area contributed by atoms with Gasteiger partial charge in [-0.15, -0.1) is 12.4 Å². The number of aromatic hydroxyl groups is 2. The lowest BCUT2D eigenvalue weighted by atomic mass is 9.54. The lowest BCUT2D eigenvalue weighted by Crippen LogP contribution is -2.67. The van der Waals surface area contributed by atoms with Crippen molar-refractivity contribution >= 4 is 122 Å². The molecular weight excluding hydrogens is 1400 g/mol. The van der Waals surface area contributed by atoms with E-state index in [2.05, 4.69) is 37.2 Å². The van der Waals surface area contributed by atoms with E-state index in [1.807, 2.05) is 13.8 Å². The van der Waals surface area contributed by atoms with Crippen LogP contribution in [0.5, 0.6) is 11.5 Å². The van der Waals surface area contributed by atoms with Crippen molar-refractivity contribution in [2.24, 2.45) is 52.3 Å². The Labute approximate surface area is 600 Å². The number of carbonyl (C=O) groups is 14. The maximum Gasteiger partial charge on any atom is 0.255 e. The molecule has 2 aromatic rings. The number of aliphatic hydroxyl groups is 4. The van der Waals surface area contributed by atoms with Crippen LogP contribution >= 0.6 is 34.0 Å². The first-order valence-corrected chi connectivity index (χ1v) is 35.0. The Morgan fingerprint density at radius 2 is 1.37 bits per heavy atom. The van der Waals surface area contributed by atoms with Crippen molar-refractivity contribution in [1.29, 1.82) is 0 Å². The van der Waals surface area contributed by atoms with Gasteiger partial charge >= 0.3 is 0 Å². The highest BCUT2D eigenvalue weighted by Gasteiger charge is 2.66. The fourth-order valence-electron chi connectivity index (χ4n) is 12.8. The summed E-state index contributed by atoms with van der Waals surface area (Å²) in [6.45, 7) is 8.00. The number of amides is 12. The van der Waals surface area contributed by atoms with Crippen LogP contribution in [0.15, 0.2) is 59.4 Å². The van der Waals surface area contributed by atoms with Gasteiger partial charge in [0.25, 0.3) is 5.91 Å². The van der Waals surface area contributed by atoms with E-state index in [1.165, 1.54) is 73.3 Å². The summed E-state index contributed by atoms with van der Waals surface area (Å²) in [4.78, 5) is 188. The smallest absolute Gasteiger partial charge is 0.255 e. The molecule has 3 fully saturated rings. The Morgan fingerprint density at radius 3 is 1.96 bits per heavy atom. The molecule has 0 aromatic heterocycles. The van der Waals surface area contributed by atoms with Gasteiger partial charge in [0.1, 0.15) is 70.9 Å². The molecule has 2 aromatic carbocycles. The fourth-order valence-corrected chi connectivity index (χ4v) is 15.1. The zero-order valence-electron chi connectivity index (χ0n) is 57.1. The quantitative estimate of drug-likeness (QED) is 0.0478. The average molecular weight is 1490 g/mol. The van der Waals surface area contributed by atoms with Crippen LogP contribution in [0.2, 0.25) is 0 Å². The number of aliphatic hydroxyl groups excluding tert-OH is 2. The van der Waals surface area contributed by atoms with Crippen molar-refractivity contribution in [3.63, 3.8) is 0 Å². The lowest BCUT2D eigenvalue weighted by molar-refractivity contribution is -0.159. The van der Waals surface area contributed by atoms with Crippen molar-refractivity contribution in [3.05, 3.63) is 76.1 Å². The number of fused-ring (bicyclic) bond motifs is 3. The van der Waals surface area contributed by atoms with E-state index < -0.39 is 220 Å². The second-order valence-electron chi connectivity index (χ2n) is 26.4. The number of nitrogens with one attached hydrogen (secondary N) is 7. The van der Waals surface area contributed by atoms with Crippen LogP contribution in [-0.4, -0.2) is 222 Å². The topological polar surface area (TPSA) is 581 Å². The molecule has 0 bridgehead atoms. The number of likely N-dealkylation sites (N-methyl/N-ethyl adjacent to an activating group) is 1. The Balaban J connectivity index is 0.000000468. The predicted molar refractivity (Wildman–Crippen MR) is 372 cm³/mol. The largest absolute Gasteiger partial charge is 0.508 e. The molecule has 23 N–H and O–H groups in total. The molecule has 7 rings (SSSR count). The van der Waals surface area contributed by atoms with Gasteiger partial charge in [0.2, 0.25) is 70.8 Å². The Hall–Kier alpha value is -9.07. The average Bonchev–Trinajstić information content (AvgIpc) is 0.765. The number of primary amides is 4. The van der Waals surface area contributed by atoms with Crippen molar-refractivity contribution in [2.45, 2.75) is 158 Å². The summed E-state index contributed by atoms with van der Waals surface area (Å²) < 4.78 is 0. The van der Waals surface area contributed by atoms with E-state index >= 15 is 0 Å². The van der Waals surface area contributed by atoms with Crippen LogP contribution in [0.3, 0.4) is 0 Å². The first kappa shape index (κ1) is 83.6. The SMILES string of the molecule is CC[C@H](C)[C@@H]1NC(=O)[C@H](Cc2ccc(O)cc2)NC(=O)[C@@H](N)CSSC[C@@H](C(=O)N2CCC[C@H]2C(=O)N[C@@H](CC(C)C)C(=O)NCC(N)=O)NC(=O)[C@H](CC(N)=O)NC(=O)[C@H](CCC(N)=O)NC1=O.CN(C)[C@@H]1C(=O)C(C(N)=O)=C(O)[C@@]2(O)C(=O)C3=C(O)c4c(O)cccc4[C@@](C)(O)[C@H]3C[C@@H]12.Cl. The molecular formula is C65H91ClN14O20S2. The molecule has 3 aliphatic carbocycles. The van der Waals surface area contributed by atoms with Crippen molar-refractivity contribution in [1.82, 2.24) is 47.0 Å². The van der Waals surface area contributed by atoms with Crippen molar-refractivity contribution in [2.75, 3.05) is 38.7 Å². The number of hydrogen-bond acceptors (Lipinski definition) is 24. The summed E-state index contributed by atoms with van der Waals surface area (Å²) in [7, 11) is 5.05. The Bertz CT molecular complexity index is 3650. The highest BCUT2D eigenvalue weighted by atomic mass is 35.5. The third kappa shape index (κ3) is 19.6. The van der Waals surface area contributed by atoms with Gasteiger partial charge < -0.3 is 101 Å². The zero-order chi connectivity index (χ0) is 75.4. The maximum atomic E-state index is 14.5. The third-order valence-corrected chi connectivity index (χ3v) is 20.8. The van der Waals surface area contributed by atoms with Crippen molar-refractivity contribution < 1.29 is 97.8 Å². The molecule has 37 heteroatoms. The lowest BCUT2D eigenvalue weighted by Gasteiger charge is -2.53. The van der Waals surface area contributed by atoms with Crippen LogP contribution in [0.25, 0.3) is 5.76 Å². The van der Waals surface area contributed by atoms with E-state index in [0.29, 0.717) is 18.4 Å². The third-order valence-electron chi connectivity index (χ3n) is 18.3. The Morgan fingerprint density at radius 1 is 0.765 bits per heavy atom. The van der Waals surface area contributed by atoms with Gasteiger partial charge in [-0.2, -0.15) is 0 Å². The van der Waals surface area contributed by atoms with Crippen LogP contribution in [0.1, 0.15) is 103 Å². The van der Waals surface area contributed by atoms with E-state index in [9.17, 15) is 97.8 Å². The maximum absolute atomic E-state index is 14.5. The van der Waals surface area contributed by atoms with Gasteiger partial charge in [-0.1, -0.05) is 80.0 Å². The van der Waals surface area contributed by atoms with Gasteiger partial charge in [0.15, 0.2) is 11.4 Å². The van der Waals surface area contributed by atoms with Gasteiger partial charge in [-0.05, 0) is 94.3 Å². The molecule has 1 saturated carbocycles. The minimum absolute atomic E-state index is 0. The van der Waals surface area contributed by atoms with E-state index in [-0.39, 0.29) is 78.9 Å². The number of rotatable bonds is 19. The highest BCUT2D eigenvalue weighted by molar-refractivity contribution is 8.76. The van der Waals surface area contributed by atoms with Crippen LogP contribution in [0, 0.1) is 23.7 Å². The molecule has 0 spiro atoms. The van der Waals surface area contributed by atoms with Crippen LogP contribution in [-0.2, 0) is 79.1 Å². The molecule has 14 atom stereocenters. The van der Waals surface area contributed by atoms with Gasteiger partial charge in [0, 0.05) is 48.3 Å². The fraction of sp³-hybridized carbons (Fsp3) is 0.538. The van der Waals surface area contributed by atoms with Crippen LogP contribution < -0.4 is 65.9 Å². The number of ketones is 2. The van der Waals surface area contributed by atoms with E-state index in [0.717, 1.165) is 21.6 Å².